The molecule has 1 aliphatic heterocycles. The average Bonchev–Trinajstić information content (AvgIpc) is 3.02. The number of rotatable bonds is 3. The van der Waals surface area contributed by atoms with E-state index >= 15 is 0 Å². The van der Waals surface area contributed by atoms with Crippen molar-refractivity contribution in [2.75, 3.05) is 5.32 Å². The molecule has 2 heterocycles. The number of hydrogen-bond donors (Lipinski definition) is 3. The highest BCUT2D eigenvalue weighted by molar-refractivity contribution is 6.09. The summed E-state index contributed by atoms with van der Waals surface area (Å²) in [7, 11) is 0. The standard InChI is InChI=1S/C22H17F3N4O4/c1-11-7-9-13(10-8-11)29-16-15(18(31)27-20(29)33)21(19(32)26-16,22(23,24)25)28-17(30)14-6-4-3-5-12(14)2/h3-10H,1-2H3,(H,26,32)(H,28,30)(H,27,31,33)/t21-/m0/s1. The van der Waals surface area contributed by atoms with Crippen LogP contribution >= 0.6 is 0 Å². The van der Waals surface area contributed by atoms with Gasteiger partial charge in [0.2, 0.25) is 0 Å². The number of halogens is 3. The molecule has 3 aromatic rings. The number of fused-ring (bicyclic) bond motifs is 1. The number of alkyl halides is 3. The number of anilines is 1. The molecule has 0 radical (unpaired) electrons. The summed E-state index contributed by atoms with van der Waals surface area (Å²) in [5.74, 6) is -3.58. The lowest BCUT2D eigenvalue weighted by Crippen LogP contribution is -2.62. The van der Waals surface area contributed by atoms with Crippen molar-refractivity contribution in [3.05, 3.63) is 91.6 Å². The second-order valence-corrected chi connectivity index (χ2v) is 7.62. The molecule has 0 saturated heterocycles. The van der Waals surface area contributed by atoms with Gasteiger partial charge in [-0.15, -0.1) is 0 Å². The van der Waals surface area contributed by atoms with Crippen LogP contribution in [0.4, 0.5) is 19.0 Å². The Morgan fingerprint density at radius 1 is 1.00 bits per heavy atom. The van der Waals surface area contributed by atoms with Crippen LogP contribution in [-0.2, 0) is 10.3 Å². The van der Waals surface area contributed by atoms with Gasteiger partial charge in [0.15, 0.2) is 0 Å². The van der Waals surface area contributed by atoms with E-state index in [9.17, 15) is 32.3 Å². The number of nitrogens with zero attached hydrogens (tertiary/aromatic N) is 1. The van der Waals surface area contributed by atoms with Gasteiger partial charge in [-0.3, -0.25) is 19.4 Å². The summed E-state index contributed by atoms with van der Waals surface area (Å²) in [4.78, 5) is 52.7. The number of carbonyl (C=O) groups is 2. The Morgan fingerprint density at radius 3 is 2.24 bits per heavy atom. The lowest BCUT2D eigenvalue weighted by atomic mass is 9.91. The Balaban J connectivity index is 1.98. The highest BCUT2D eigenvalue weighted by atomic mass is 19.4. The minimum absolute atomic E-state index is 0.106. The maximum atomic E-state index is 14.5. The van der Waals surface area contributed by atoms with Crippen LogP contribution in [0.15, 0.2) is 58.1 Å². The van der Waals surface area contributed by atoms with Crippen molar-refractivity contribution in [3.8, 4) is 5.69 Å². The number of hydrogen-bond acceptors (Lipinski definition) is 4. The summed E-state index contributed by atoms with van der Waals surface area (Å²) >= 11 is 0. The lowest BCUT2D eigenvalue weighted by Gasteiger charge is -2.30. The molecule has 1 atom stereocenters. The van der Waals surface area contributed by atoms with Gasteiger partial charge >= 0.3 is 11.9 Å². The van der Waals surface area contributed by atoms with E-state index in [4.69, 9.17) is 0 Å². The quantitative estimate of drug-likeness (QED) is 0.559. The van der Waals surface area contributed by atoms with Crippen LogP contribution in [0.25, 0.3) is 5.69 Å². The van der Waals surface area contributed by atoms with E-state index in [0.29, 0.717) is 5.56 Å². The fourth-order valence-electron chi connectivity index (χ4n) is 3.78. The molecule has 33 heavy (non-hydrogen) atoms. The Hall–Kier alpha value is -4.15. The summed E-state index contributed by atoms with van der Waals surface area (Å²) in [6.45, 7) is 3.28. The van der Waals surface area contributed by atoms with Crippen molar-refractivity contribution in [1.29, 1.82) is 0 Å². The normalized spacial score (nSPS) is 17.4. The number of amides is 2. The van der Waals surface area contributed by atoms with Crippen molar-refractivity contribution >= 4 is 17.6 Å². The van der Waals surface area contributed by atoms with Crippen molar-refractivity contribution in [2.24, 2.45) is 0 Å². The summed E-state index contributed by atoms with van der Waals surface area (Å²) < 4.78 is 44.2. The lowest BCUT2D eigenvalue weighted by molar-refractivity contribution is -0.196. The Bertz CT molecular complexity index is 1410. The average molecular weight is 458 g/mol. The molecular formula is C22H17F3N4O4. The van der Waals surface area contributed by atoms with Gasteiger partial charge in [0.25, 0.3) is 22.9 Å². The summed E-state index contributed by atoms with van der Waals surface area (Å²) in [5.41, 5.74) is -6.15. The zero-order valence-electron chi connectivity index (χ0n) is 17.3. The molecule has 1 aromatic heterocycles. The molecule has 0 spiro atoms. The van der Waals surface area contributed by atoms with E-state index < -0.39 is 46.2 Å². The molecule has 2 aromatic carbocycles. The first-order valence-corrected chi connectivity index (χ1v) is 9.70. The van der Waals surface area contributed by atoms with Crippen molar-refractivity contribution in [1.82, 2.24) is 14.9 Å². The second kappa shape index (κ2) is 7.47. The van der Waals surface area contributed by atoms with Gasteiger partial charge in [0, 0.05) is 5.56 Å². The first-order chi connectivity index (χ1) is 15.5. The molecule has 8 nitrogen and oxygen atoms in total. The van der Waals surface area contributed by atoms with Crippen LogP contribution in [0.5, 0.6) is 0 Å². The molecule has 4 rings (SSSR count). The fourth-order valence-corrected chi connectivity index (χ4v) is 3.78. The third kappa shape index (κ3) is 3.32. The van der Waals surface area contributed by atoms with Gasteiger partial charge in [-0.1, -0.05) is 35.9 Å². The molecule has 0 unspecified atom stereocenters. The molecule has 2 amide bonds. The predicted molar refractivity (Wildman–Crippen MR) is 112 cm³/mol. The predicted octanol–water partition coefficient (Wildman–Crippen LogP) is 2.28. The topological polar surface area (TPSA) is 113 Å². The molecule has 0 fully saturated rings. The monoisotopic (exact) mass is 458 g/mol. The van der Waals surface area contributed by atoms with E-state index in [0.717, 1.165) is 10.1 Å². The highest BCUT2D eigenvalue weighted by Gasteiger charge is 2.68. The fraction of sp³-hybridized carbons (Fsp3) is 0.182. The smallest absolute Gasteiger partial charge is 0.326 e. The largest absolute Gasteiger partial charge is 0.425 e. The number of carbonyl (C=O) groups excluding carboxylic acids is 2. The second-order valence-electron chi connectivity index (χ2n) is 7.62. The van der Waals surface area contributed by atoms with Gasteiger partial charge in [-0.2, -0.15) is 13.2 Å². The van der Waals surface area contributed by atoms with Crippen LogP contribution in [0.1, 0.15) is 27.0 Å². The number of aryl methyl sites for hydroxylation is 2. The number of aromatic amines is 1. The molecule has 11 heteroatoms. The third-order valence-corrected chi connectivity index (χ3v) is 5.47. The summed E-state index contributed by atoms with van der Waals surface area (Å²) in [5, 5.41) is 3.73. The van der Waals surface area contributed by atoms with Crippen LogP contribution in [0.3, 0.4) is 0 Å². The molecule has 0 bridgehead atoms. The molecule has 1 aliphatic rings. The zero-order chi connectivity index (χ0) is 24.1. The molecule has 0 aliphatic carbocycles. The van der Waals surface area contributed by atoms with Crippen LogP contribution in [0, 0.1) is 13.8 Å². The van der Waals surface area contributed by atoms with Crippen molar-refractivity contribution in [2.45, 2.75) is 25.6 Å². The van der Waals surface area contributed by atoms with Crippen LogP contribution in [-0.4, -0.2) is 27.5 Å². The van der Waals surface area contributed by atoms with Gasteiger partial charge in [-0.05, 0) is 37.6 Å². The van der Waals surface area contributed by atoms with Gasteiger partial charge in [-0.25, -0.2) is 9.36 Å². The summed E-state index contributed by atoms with van der Waals surface area (Å²) in [6, 6.07) is 11.9. The van der Waals surface area contributed by atoms with E-state index in [-0.39, 0.29) is 11.3 Å². The molecule has 170 valence electrons. The first-order valence-electron chi connectivity index (χ1n) is 9.70. The van der Waals surface area contributed by atoms with E-state index in [1.807, 2.05) is 10.3 Å². The van der Waals surface area contributed by atoms with Crippen molar-refractivity contribution < 1.29 is 22.8 Å². The van der Waals surface area contributed by atoms with E-state index in [1.165, 1.54) is 37.3 Å². The van der Waals surface area contributed by atoms with Gasteiger partial charge < -0.3 is 10.6 Å². The SMILES string of the molecule is Cc1ccc(-n2c3c(c(=O)[nH]c2=O)[C@@](NC(=O)c2ccccc2C)(C(F)(F)F)C(=O)N3)cc1. The summed E-state index contributed by atoms with van der Waals surface area (Å²) in [6.07, 6.45) is -5.41. The number of nitrogens with one attached hydrogen (secondary N) is 3. The van der Waals surface area contributed by atoms with Gasteiger partial charge in [0.1, 0.15) is 11.4 Å². The Morgan fingerprint density at radius 2 is 1.64 bits per heavy atom. The third-order valence-electron chi connectivity index (χ3n) is 5.47. The van der Waals surface area contributed by atoms with Crippen molar-refractivity contribution in [3.63, 3.8) is 0 Å². The zero-order valence-corrected chi connectivity index (χ0v) is 17.3. The van der Waals surface area contributed by atoms with Gasteiger partial charge in [0.05, 0.1) is 5.69 Å². The Labute approximate surface area is 184 Å². The Kier molecular flexibility index (Phi) is 4.99. The number of H-pyrrole nitrogens is 1. The minimum atomic E-state index is -5.41. The number of benzene rings is 2. The molecular weight excluding hydrogens is 441 g/mol. The maximum Gasteiger partial charge on any atom is 0.425 e. The van der Waals surface area contributed by atoms with E-state index in [2.05, 4.69) is 0 Å². The van der Waals surface area contributed by atoms with E-state index in [1.54, 1.807) is 30.4 Å². The molecule has 0 saturated carbocycles. The first kappa shape index (κ1) is 22.1. The maximum absolute atomic E-state index is 14.5. The minimum Gasteiger partial charge on any atom is -0.326 e. The number of aromatic nitrogens is 2. The molecule has 3 N–H and O–H groups in total. The van der Waals surface area contributed by atoms with Crippen LogP contribution < -0.4 is 21.9 Å². The van der Waals surface area contributed by atoms with Crippen LogP contribution in [0.2, 0.25) is 0 Å². The highest BCUT2D eigenvalue weighted by Crippen LogP contribution is 2.45.